The number of rotatable bonds is 30. The number of carbonyl (C=O) groups is 1. The number of ketones is 1. The summed E-state index contributed by atoms with van der Waals surface area (Å²) < 4.78 is 31.9. The topological polar surface area (TPSA) is 63.2 Å². The molecule has 2 atom stereocenters. The first kappa shape index (κ1) is 47.3. The summed E-state index contributed by atoms with van der Waals surface area (Å²) in [6, 6.07) is 25.2. The lowest BCUT2D eigenvalue weighted by molar-refractivity contribution is -0.132. The van der Waals surface area contributed by atoms with E-state index in [1.54, 1.807) is 7.11 Å². The first-order valence-corrected chi connectivity index (χ1v) is 28.2. The fraction of sp³-hybridized carbons (Fsp3) is 0.705. The Morgan fingerprint density at radius 1 is 0.722 bits per heavy atom. The van der Waals surface area contributed by atoms with Gasteiger partial charge in [-0.3, -0.25) is 4.79 Å². The van der Waals surface area contributed by atoms with Crippen LogP contribution in [0.2, 0.25) is 36.3 Å². The van der Waals surface area contributed by atoms with Gasteiger partial charge in [0.25, 0.3) is 0 Å². The molecule has 2 aromatic carbocycles. The Balaban J connectivity index is 1.69. The zero-order valence-electron chi connectivity index (χ0n) is 35.0. The number of hydrogen-bond donors (Lipinski definition) is 0. The highest BCUT2D eigenvalue weighted by atomic mass is 32.2. The van der Waals surface area contributed by atoms with Gasteiger partial charge >= 0.3 is 0 Å². The first-order valence-electron chi connectivity index (χ1n) is 21.2. The molecule has 1 fully saturated rings. The quantitative estimate of drug-likeness (QED) is 0.0570. The van der Waals surface area contributed by atoms with Gasteiger partial charge in [-0.1, -0.05) is 84.0 Å². The zero-order valence-corrected chi connectivity index (χ0v) is 38.6. The number of hydrogen-bond acceptors (Lipinski definition) is 8. The number of Topliss-reactive ketones (excluding diaryl/α,β-unsaturated/α-hetero) is 1. The predicted molar refractivity (Wildman–Crippen MR) is 237 cm³/mol. The van der Waals surface area contributed by atoms with E-state index in [1.807, 2.05) is 42.5 Å². The predicted octanol–water partition coefficient (Wildman–Crippen LogP) is 12.5. The van der Waals surface area contributed by atoms with E-state index < -0.39 is 22.7 Å². The van der Waals surface area contributed by atoms with E-state index in [4.69, 9.17) is 23.1 Å². The number of thioether (sulfide) groups is 2. The second-order valence-electron chi connectivity index (χ2n) is 15.0. The number of ether oxygens (including phenoxy) is 3. The number of unbranched alkanes of at least 4 members (excludes halogenated alkanes) is 1. The van der Waals surface area contributed by atoms with Gasteiger partial charge in [0.2, 0.25) is 0 Å². The minimum absolute atomic E-state index is 0.00594. The largest absolute Gasteiger partial charge is 0.497 e. The van der Waals surface area contributed by atoms with Crippen molar-refractivity contribution in [1.82, 2.24) is 0 Å². The van der Waals surface area contributed by atoms with E-state index in [9.17, 15) is 4.79 Å². The van der Waals surface area contributed by atoms with Gasteiger partial charge in [0.05, 0.1) is 24.4 Å². The summed E-state index contributed by atoms with van der Waals surface area (Å²) >= 11 is 4.24. The monoisotopic (exact) mass is 818 g/mol. The molecule has 2 aromatic rings. The van der Waals surface area contributed by atoms with E-state index in [1.165, 1.54) is 41.6 Å². The standard InChI is InChI=1S/C44H74O6S2Si2/c1-8-53(9-2,10-3)49-32-18-17-30-44(51-34-19-35-52-44)31-28-43(48-37-39-22-24-40(46-7)25-23-39)42(45)27-26-41(50-54(11-4,12-5)13-6)29-33-47-36-38-20-15-14-16-21-38/h14-16,20-25,41,43H,8-13,17-19,26-37H2,1-7H3/t41-,43-/m0/s1. The van der Waals surface area contributed by atoms with Crippen LogP contribution in [0.5, 0.6) is 5.75 Å². The van der Waals surface area contributed by atoms with Gasteiger partial charge in [0, 0.05) is 25.7 Å². The Hall–Kier alpha value is -1.12. The number of benzene rings is 2. The molecule has 0 aromatic heterocycles. The molecule has 0 bridgehead atoms. The molecular formula is C44H74O6S2Si2. The minimum atomic E-state index is -1.88. The molecule has 0 N–H and O–H groups in total. The normalized spacial score (nSPS) is 15.9. The lowest BCUT2D eigenvalue weighted by Crippen LogP contribution is -2.40. The minimum Gasteiger partial charge on any atom is -0.497 e. The molecule has 1 saturated heterocycles. The van der Waals surface area contributed by atoms with Gasteiger partial charge < -0.3 is 23.1 Å². The molecule has 6 nitrogen and oxygen atoms in total. The Kier molecular flexibility index (Phi) is 22.8. The van der Waals surface area contributed by atoms with E-state index in [0.29, 0.717) is 32.7 Å². The SMILES string of the molecule is CC[Si](CC)(CC)OCCCCC1(CC[C@H](OCc2ccc(OC)cc2)C(=O)CC[C@@H](CCOCc2ccccc2)O[Si](CC)(CC)CC)SCCCS1. The summed E-state index contributed by atoms with van der Waals surface area (Å²) in [7, 11) is -1.75. The summed E-state index contributed by atoms with van der Waals surface area (Å²) in [6.45, 7) is 16.3. The van der Waals surface area contributed by atoms with Gasteiger partial charge in [-0.25, -0.2) is 0 Å². The van der Waals surface area contributed by atoms with E-state index in [-0.39, 0.29) is 16.0 Å². The van der Waals surface area contributed by atoms with Crippen molar-refractivity contribution in [2.24, 2.45) is 0 Å². The molecule has 1 aliphatic rings. The van der Waals surface area contributed by atoms with Crippen LogP contribution in [0.15, 0.2) is 54.6 Å². The van der Waals surface area contributed by atoms with E-state index in [0.717, 1.165) is 74.6 Å². The third kappa shape index (κ3) is 16.0. The zero-order chi connectivity index (χ0) is 39.1. The molecule has 0 spiro atoms. The molecule has 0 aliphatic carbocycles. The van der Waals surface area contributed by atoms with Crippen molar-refractivity contribution in [2.45, 2.75) is 165 Å². The van der Waals surface area contributed by atoms with E-state index in [2.05, 4.69) is 77.2 Å². The van der Waals surface area contributed by atoms with Gasteiger partial charge in [-0.05, 0) is 122 Å². The molecule has 3 rings (SSSR count). The van der Waals surface area contributed by atoms with Gasteiger partial charge in [0.15, 0.2) is 22.4 Å². The lowest BCUT2D eigenvalue weighted by atomic mass is 10.00. The van der Waals surface area contributed by atoms with Gasteiger partial charge in [-0.2, -0.15) is 0 Å². The maximum atomic E-state index is 14.3. The van der Waals surface area contributed by atoms with Crippen molar-refractivity contribution in [1.29, 1.82) is 0 Å². The van der Waals surface area contributed by atoms with Crippen molar-refractivity contribution < 1.29 is 27.9 Å². The summed E-state index contributed by atoms with van der Waals surface area (Å²) in [5.74, 6) is 3.40. The number of carbonyl (C=O) groups excluding carboxylic acids is 1. The highest BCUT2D eigenvalue weighted by Gasteiger charge is 2.36. The average Bonchev–Trinajstić information content (AvgIpc) is 3.22. The highest BCUT2D eigenvalue weighted by Crippen LogP contribution is 2.49. The number of methoxy groups -OCH3 is 1. The van der Waals surface area contributed by atoms with Crippen molar-refractivity contribution in [3.05, 3.63) is 65.7 Å². The van der Waals surface area contributed by atoms with Crippen LogP contribution in [-0.4, -0.2) is 70.5 Å². The van der Waals surface area contributed by atoms with Crippen LogP contribution in [0.3, 0.4) is 0 Å². The van der Waals surface area contributed by atoms with Crippen LogP contribution >= 0.6 is 23.5 Å². The summed E-state index contributed by atoms with van der Waals surface area (Å²) in [5, 5.41) is 0. The molecule has 10 heteroatoms. The lowest BCUT2D eigenvalue weighted by Gasteiger charge is -2.37. The molecule has 306 valence electrons. The molecule has 0 saturated carbocycles. The molecule has 0 amide bonds. The van der Waals surface area contributed by atoms with Crippen molar-refractivity contribution in [3.63, 3.8) is 0 Å². The second kappa shape index (κ2) is 26.0. The van der Waals surface area contributed by atoms with Crippen LogP contribution < -0.4 is 4.74 Å². The fourth-order valence-electron chi connectivity index (χ4n) is 7.54. The fourth-order valence-corrected chi connectivity index (χ4v) is 16.6. The Labute approximate surface area is 340 Å². The molecule has 54 heavy (non-hydrogen) atoms. The molecule has 0 radical (unpaired) electrons. The molecule has 1 aliphatic heterocycles. The third-order valence-electron chi connectivity index (χ3n) is 11.8. The Bertz CT molecular complexity index is 1250. The van der Waals surface area contributed by atoms with Gasteiger partial charge in [-0.15, -0.1) is 23.5 Å². The average molecular weight is 819 g/mol. The van der Waals surface area contributed by atoms with Crippen LogP contribution in [0.4, 0.5) is 0 Å². The van der Waals surface area contributed by atoms with Crippen molar-refractivity contribution >= 4 is 45.9 Å². The van der Waals surface area contributed by atoms with Gasteiger partial charge in [0.1, 0.15) is 11.9 Å². The first-order chi connectivity index (χ1) is 26.2. The second-order valence-corrected chi connectivity index (χ2v) is 27.7. The van der Waals surface area contributed by atoms with Crippen molar-refractivity contribution in [3.8, 4) is 5.75 Å². The van der Waals surface area contributed by atoms with Crippen LogP contribution in [0.1, 0.15) is 110 Å². The smallest absolute Gasteiger partial charge is 0.192 e. The van der Waals surface area contributed by atoms with E-state index >= 15 is 0 Å². The Morgan fingerprint density at radius 3 is 1.96 bits per heavy atom. The molecule has 1 heterocycles. The van der Waals surface area contributed by atoms with Crippen LogP contribution in [0.25, 0.3) is 0 Å². The van der Waals surface area contributed by atoms with Crippen LogP contribution in [0, 0.1) is 0 Å². The maximum Gasteiger partial charge on any atom is 0.192 e. The summed E-state index contributed by atoms with van der Waals surface area (Å²) in [5.41, 5.74) is 2.23. The molecular weight excluding hydrogens is 745 g/mol. The summed E-state index contributed by atoms with van der Waals surface area (Å²) in [4.78, 5) is 14.3. The highest BCUT2D eigenvalue weighted by molar-refractivity contribution is 8.18. The van der Waals surface area contributed by atoms with Crippen molar-refractivity contribution in [2.75, 3.05) is 31.8 Å². The third-order valence-corrected chi connectivity index (χ3v) is 24.8. The Morgan fingerprint density at radius 2 is 1.35 bits per heavy atom. The maximum absolute atomic E-state index is 14.3. The summed E-state index contributed by atoms with van der Waals surface area (Å²) in [6.07, 6.45) is 7.93. The van der Waals surface area contributed by atoms with Crippen LogP contribution in [-0.2, 0) is 36.3 Å². The molecule has 0 unspecified atom stereocenters.